The number of amidine groups is 1. The molecule has 0 aliphatic rings. The van der Waals surface area contributed by atoms with Crippen molar-refractivity contribution >= 4 is 23.0 Å². The van der Waals surface area contributed by atoms with Crippen LogP contribution in [0.2, 0.25) is 0 Å². The largest absolute Gasteiger partial charge is 0.463 e. The van der Waals surface area contributed by atoms with Crippen molar-refractivity contribution in [3.63, 3.8) is 0 Å². The first kappa shape index (κ1) is 12.3. The minimum atomic E-state index is -1.15. The van der Waals surface area contributed by atoms with Crippen LogP contribution in [-0.2, 0) is 0 Å². The number of aliphatic imine (C=N–C) groups is 1. The third-order valence-corrected chi connectivity index (χ3v) is 2.40. The van der Waals surface area contributed by atoms with Crippen LogP contribution in [0.5, 0.6) is 0 Å². The molecule has 0 aromatic carbocycles. The van der Waals surface area contributed by atoms with E-state index in [0.717, 1.165) is 0 Å². The smallest absolute Gasteiger partial charge is 0.433 e. The molecular formula is C8H16N2O2S. The van der Waals surface area contributed by atoms with Crippen molar-refractivity contribution < 1.29 is 9.90 Å². The van der Waals surface area contributed by atoms with Gasteiger partial charge >= 0.3 is 6.09 Å². The summed E-state index contributed by atoms with van der Waals surface area (Å²) in [5.41, 5.74) is -0.114. The second-order valence-corrected chi connectivity index (χ2v) is 4.38. The molecule has 76 valence electrons. The highest BCUT2D eigenvalue weighted by atomic mass is 32.2. The van der Waals surface area contributed by atoms with Gasteiger partial charge in [-0.1, -0.05) is 11.8 Å². The Balaban J connectivity index is 4.69. The Morgan fingerprint density at radius 1 is 1.46 bits per heavy atom. The number of thioether (sulfide) groups is 1. The van der Waals surface area contributed by atoms with E-state index in [2.05, 4.69) is 4.99 Å². The van der Waals surface area contributed by atoms with Gasteiger partial charge in [0.1, 0.15) is 0 Å². The van der Waals surface area contributed by atoms with Crippen LogP contribution in [0.1, 0.15) is 20.8 Å². The van der Waals surface area contributed by atoms with E-state index < -0.39 is 6.09 Å². The Bertz CT molecular complexity index is 221. The van der Waals surface area contributed by atoms with Gasteiger partial charge in [-0.05, 0) is 27.0 Å². The predicted octanol–water partition coefficient (Wildman–Crippen LogP) is 2.11. The summed E-state index contributed by atoms with van der Waals surface area (Å²) in [5.74, 6) is 0. The fourth-order valence-corrected chi connectivity index (χ4v) is 1.34. The maximum atomic E-state index is 10.4. The van der Waals surface area contributed by atoms with Gasteiger partial charge in [0, 0.05) is 12.6 Å². The van der Waals surface area contributed by atoms with Crippen LogP contribution in [0.3, 0.4) is 0 Å². The van der Waals surface area contributed by atoms with E-state index in [1.165, 1.54) is 11.8 Å². The van der Waals surface area contributed by atoms with Gasteiger partial charge < -0.3 is 10.0 Å². The lowest BCUT2D eigenvalue weighted by molar-refractivity contribution is 0.204. The molecule has 0 aromatic rings. The highest BCUT2D eigenvalue weighted by molar-refractivity contribution is 8.13. The molecule has 0 spiro atoms. The summed E-state index contributed by atoms with van der Waals surface area (Å²) in [6.45, 7) is 6.00. The normalized spacial score (nSPS) is 12.8. The molecular weight excluding hydrogens is 188 g/mol. The fourth-order valence-electron chi connectivity index (χ4n) is 0.626. The number of hydrogen-bond donors (Lipinski definition) is 1. The maximum absolute atomic E-state index is 10.4. The van der Waals surface area contributed by atoms with Crippen molar-refractivity contribution in [2.45, 2.75) is 26.3 Å². The number of rotatable bonds is 0. The highest BCUT2D eigenvalue weighted by Gasteiger charge is 2.20. The maximum Gasteiger partial charge on any atom is 0.433 e. The predicted molar refractivity (Wildman–Crippen MR) is 56.5 cm³/mol. The van der Waals surface area contributed by atoms with Crippen LogP contribution < -0.4 is 0 Å². The third kappa shape index (κ3) is 4.17. The Labute approximate surface area is 83.0 Å². The number of carboxylic acid groups (broad SMARTS) is 1. The lowest BCUT2D eigenvalue weighted by Gasteiger charge is -2.33. The van der Waals surface area contributed by atoms with Crippen molar-refractivity contribution in [2.75, 3.05) is 13.3 Å². The lowest BCUT2D eigenvalue weighted by atomic mass is 10.1. The molecule has 0 fully saturated rings. The van der Waals surface area contributed by atoms with E-state index in [1.807, 2.05) is 39.0 Å². The van der Waals surface area contributed by atoms with Crippen LogP contribution in [-0.4, -0.2) is 40.1 Å². The molecule has 1 N–H and O–H groups in total. The Kier molecular flexibility index (Phi) is 4.26. The molecule has 13 heavy (non-hydrogen) atoms. The molecule has 5 heteroatoms. The van der Waals surface area contributed by atoms with Crippen LogP contribution in [0.4, 0.5) is 4.79 Å². The second-order valence-electron chi connectivity index (χ2n) is 3.61. The molecule has 4 nitrogen and oxygen atoms in total. The molecule has 0 atom stereocenters. The van der Waals surface area contributed by atoms with Crippen molar-refractivity contribution in [3.8, 4) is 0 Å². The second kappa shape index (κ2) is 4.50. The molecule has 1 amide bonds. The van der Waals surface area contributed by atoms with E-state index >= 15 is 0 Å². The first-order chi connectivity index (χ1) is 5.79. The van der Waals surface area contributed by atoms with Gasteiger partial charge in [0.15, 0.2) is 5.17 Å². The van der Waals surface area contributed by atoms with E-state index in [0.29, 0.717) is 5.17 Å². The summed E-state index contributed by atoms with van der Waals surface area (Å²) in [4.78, 5) is 15.7. The molecule has 0 unspecified atom stereocenters. The number of carbonyl (C=O) groups is 1. The molecule has 0 heterocycles. The SMILES string of the molecule is CSC(=NC(=O)O)N(C)C(C)(C)C. The van der Waals surface area contributed by atoms with E-state index in [9.17, 15) is 4.79 Å². The number of amides is 1. The molecule has 0 aliphatic carbocycles. The summed E-state index contributed by atoms with van der Waals surface area (Å²) in [7, 11) is 1.83. The Morgan fingerprint density at radius 2 is 1.92 bits per heavy atom. The quantitative estimate of drug-likeness (QED) is 0.485. The summed E-state index contributed by atoms with van der Waals surface area (Å²) < 4.78 is 0. The first-order valence-corrected chi connectivity index (χ1v) is 5.11. The van der Waals surface area contributed by atoms with Gasteiger partial charge in [0.25, 0.3) is 0 Å². The average molecular weight is 204 g/mol. The molecule has 0 rings (SSSR count). The highest BCUT2D eigenvalue weighted by Crippen LogP contribution is 2.16. The van der Waals surface area contributed by atoms with Crippen LogP contribution in [0, 0.1) is 0 Å². The zero-order valence-electron chi connectivity index (χ0n) is 8.66. The van der Waals surface area contributed by atoms with Crippen molar-refractivity contribution in [2.24, 2.45) is 4.99 Å². The Hall–Kier alpha value is -0.710. The lowest BCUT2D eigenvalue weighted by Crippen LogP contribution is -2.41. The number of nitrogens with zero attached hydrogens (tertiary/aromatic N) is 2. The average Bonchev–Trinajstić information content (AvgIpc) is 1.96. The van der Waals surface area contributed by atoms with Crippen LogP contribution in [0.25, 0.3) is 0 Å². The fraction of sp³-hybridized carbons (Fsp3) is 0.750. The Morgan fingerprint density at radius 3 is 2.15 bits per heavy atom. The van der Waals surface area contributed by atoms with Crippen LogP contribution in [0.15, 0.2) is 4.99 Å². The van der Waals surface area contributed by atoms with E-state index in [-0.39, 0.29) is 5.54 Å². The molecule has 0 bridgehead atoms. The van der Waals surface area contributed by atoms with Gasteiger partial charge in [-0.3, -0.25) is 0 Å². The van der Waals surface area contributed by atoms with Crippen LogP contribution >= 0.6 is 11.8 Å². The molecule has 0 radical (unpaired) electrons. The molecule has 0 saturated carbocycles. The van der Waals surface area contributed by atoms with E-state index in [1.54, 1.807) is 0 Å². The molecule has 0 saturated heterocycles. The summed E-state index contributed by atoms with van der Waals surface area (Å²) in [5, 5.41) is 9.02. The summed E-state index contributed by atoms with van der Waals surface area (Å²) in [6.07, 6.45) is 0.657. The van der Waals surface area contributed by atoms with Gasteiger partial charge in [-0.2, -0.15) is 4.99 Å². The number of hydrogen-bond acceptors (Lipinski definition) is 2. The van der Waals surface area contributed by atoms with Gasteiger partial charge in [-0.15, -0.1) is 0 Å². The van der Waals surface area contributed by atoms with Crippen molar-refractivity contribution in [1.29, 1.82) is 0 Å². The topological polar surface area (TPSA) is 52.9 Å². The minimum Gasteiger partial charge on any atom is -0.463 e. The molecule has 0 aliphatic heterocycles. The van der Waals surface area contributed by atoms with Gasteiger partial charge in [-0.25, -0.2) is 4.79 Å². The van der Waals surface area contributed by atoms with Gasteiger partial charge in [0.2, 0.25) is 0 Å². The zero-order chi connectivity index (χ0) is 10.6. The third-order valence-electron chi connectivity index (χ3n) is 1.67. The summed E-state index contributed by atoms with van der Waals surface area (Å²) >= 11 is 1.33. The first-order valence-electron chi connectivity index (χ1n) is 3.88. The summed E-state index contributed by atoms with van der Waals surface area (Å²) in [6, 6.07) is 0. The standard InChI is InChI=1S/C8H16N2O2S/c1-8(2,3)10(4)6(13-5)9-7(11)12/h1-5H3,(H,11,12). The minimum absolute atomic E-state index is 0.114. The van der Waals surface area contributed by atoms with Crippen molar-refractivity contribution in [3.05, 3.63) is 0 Å². The monoisotopic (exact) mass is 204 g/mol. The van der Waals surface area contributed by atoms with Crippen molar-refractivity contribution in [1.82, 2.24) is 4.90 Å². The molecule has 0 aromatic heterocycles. The van der Waals surface area contributed by atoms with E-state index in [4.69, 9.17) is 5.11 Å². The zero-order valence-corrected chi connectivity index (χ0v) is 9.47. The van der Waals surface area contributed by atoms with Gasteiger partial charge in [0.05, 0.1) is 0 Å².